The van der Waals surface area contributed by atoms with Crippen LogP contribution in [-0.2, 0) is 107 Å². The number of carbonyl (C=O) groups is 17. The van der Waals surface area contributed by atoms with Crippen LogP contribution >= 0.6 is 11.8 Å². The van der Waals surface area contributed by atoms with E-state index in [-0.39, 0.29) is 120 Å². The van der Waals surface area contributed by atoms with E-state index in [1.165, 1.54) is 72.6 Å². The van der Waals surface area contributed by atoms with Crippen molar-refractivity contribution in [3.63, 3.8) is 0 Å². The number of ether oxygens (including phenoxy) is 1. The largest absolute Gasteiger partial charge is 0.508 e. The van der Waals surface area contributed by atoms with E-state index in [2.05, 4.69) is 69.1 Å². The normalized spacial score (nSPS) is 22.6. The molecule has 0 aromatic heterocycles. The molecular weight excluding hydrogens is 1820 g/mol. The second kappa shape index (κ2) is 52.7. The molecule has 3 fully saturated rings. The minimum atomic E-state index is -2.05. The third kappa shape index (κ3) is 34.0. The van der Waals surface area contributed by atoms with E-state index in [0.29, 0.717) is 33.4 Å². The van der Waals surface area contributed by atoms with Crippen molar-refractivity contribution >= 4 is 118 Å². The molecule has 6 aromatic carbocycles. The number of fused-ring (bicyclic) bond motifs is 1. The number of thioether (sulfide) groups is 1. The summed E-state index contributed by atoms with van der Waals surface area (Å²) in [7, 11) is 1.23. The van der Waals surface area contributed by atoms with Gasteiger partial charge in [-0.1, -0.05) is 157 Å². The van der Waals surface area contributed by atoms with Crippen molar-refractivity contribution < 1.29 is 107 Å². The summed E-state index contributed by atoms with van der Waals surface area (Å²) in [4.78, 5) is 251. The van der Waals surface area contributed by atoms with Gasteiger partial charge in [0, 0.05) is 71.2 Å². The first-order valence-corrected chi connectivity index (χ1v) is 47.0. The Labute approximate surface area is 808 Å². The van der Waals surface area contributed by atoms with Gasteiger partial charge in [-0.15, -0.1) is 11.8 Å². The summed E-state index contributed by atoms with van der Waals surface area (Å²) in [5.41, 5.74) is 15.5. The fourth-order valence-electron chi connectivity index (χ4n) is 16.0. The van der Waals surface area contributed by atoms with Gasteiger partial charge >= 0.3 is 11.9 Å². The van der Waals surface area contributed by atoms with Gasteiger partial charge in [-0.2, -0.15) is 0 Å². The Balaban J connectivity index is 1.12. The molecule has 0 radical (unpaired) electrons. The number of phenolic OH excluding ortho intramolecular Hbond substituents is 2. The summed E-state index contributed by atoms with van der Waals surface area (Å²) in [6.45, 7) is 8.95. The van der Waals surface area contributed by atoms with Gasteiger partial charge in [-0.25, -0.2) is 4.79 Å². The highest BCUT2D eigenvalue weighted by Crippen LogP contribution is 2.27. The number of guanidine groups is 1. The molecule has 15 amide bonds. The minimum absolute atomic E-state index is 0.0229. The number of nitrogens with two attached hydrogens (primary N) is 2. The zero-order valence-corrected chi connectivity index (χ0v) is 79.3. The van der Waals surface area contributed by atoms with Crippen molar-refractivity contribution in [2.45, 2.75) is 178 Å². The highest BCUT2D eigenvalue weighted by atomic mass is 32.2. The third-order valence-corrected chi connectivity index (χ3v) is 24.5. The third-order valence-electron chi connectivity index (χ3n) is 23.5. The predicted octanol–water partition coefficient (Wildman–Crippen LogP) is -0.0406. The van der Waals surface area contributed by atoms with Crippen LogP contribution in [0.2, 0.25) is 0 Å². The molecule has 746 valence electrons. The molecule has 0 bridgehead atoms. The van der Waals surface area contributed by atoms with Crippen LogP contribution in [0.15, 0.2) is 152 Å². The molecule has 139 heavy (non-hydrogen) atoms. The lowest BCUT2D eigenvalue weighted by molar-refractivity contribution is -0.144. The molecule has 3 saturated heterocycles. The van der Waals surface area contributed by atoms with Gasteiger partial charge < -0.3 is 116 Å². The molecular formula is C97H125N19O22S. The Morgan fingerprint density at radius 1 is 0.482 bits per heavy atom. The van der Waals surface area contributed by atoms with E-state index in [1.54, 1.807) is 102 Å². The first kappa shape index (κ1) is 108. The maximum Gasteiger partial charge on any atom is 0.335 e. The molecule has 3 aliphatic rings. The number of hydrogen-bond acceptors (Lipinski definition) is 23. The standard InChI is InChI=1S/C97H125N19O22S/c1-54(2)43-69-86(126)111-76(84(124)102-49-78(98)119)52-139-53-80(121)104-75(50-115-39-41-138-42-40-115)91(131)107-71(45-57-17-27-63(28-18-57)64-29-31-65(32-30-64)96(136)137)89(129)110-74(47-58-19-25-62(26-20-58)61-13-9-8-10-14-61)94(134)114(7)51-79(120)103-70(44-59-21-33-66(117)34-22-59)87(127)108-73(48-81(122)123)90(130)105-68(15-11-37-101-97(99)100)85(125)113-83(56(5)6)95(135)116-38-12-16-77(116)92(132)112-82(55(3)4)93(133)109-72(88(128)106-69)46-60-23-35-67(118)36-24-60/h8-10,13-14,17-36,54-56,68-77,82-83,117-118H,11-12,15-16,37-53H2,1-7H3,(H2,98,119)(H,102,124)(H,103,120)(H,104,121)(H,105,130)(H,106,128)(H,107,131)(H,108,127)(H,109,133)(H,110,129)(H,111,126)(H,112,132)(H,113,125)(H,122,123)(H,136,137)(H4,99,100,101)/t68-,69+,70+,71+,72+,73+,74+,75+,76+,77+,82+,83+/m1/s1. The van der Waals surface area contributed by atoms with Gasteiger partial charge in [0.1, 0.15) is 84.0 Å². The van der Waals surface area contributed by atoms with Crippen molar-refractivity contribution in [3.8, 4) is 33.8 Å². The average Bonchev–Trinajstić information content (AvgIpc) is 1.73. The molecule has 9 rings (SSSR count). The molecule has 22 N–H and O–H groups in total. The van der Waals surface area contributed by atoms with Crippen LogP contribution in [0.1, 0.15) is 113 Å². The van der Waals surface area contributed by atoms with E-state index in [1.807, 2.05) is 35.2 Å². The molecule has 6 aromatic rings. The van der Waals surface area contributed by atoms with E-state index in [9.17, 15) is 73.2 Å². The first-order chi connectivity index (χ1) is 66.1. The SMILES string of the molecule is CC(C)C[C@@H]1NC(=O)[C@H](Cc2ccc(O)cc2)NC(=O)[C@H](C(C)C)NC(=O)[C@@H]2CCCN2C(=O)[C@H](C(C)C)NC(=O)[C@@H](CCCNC(=N)N)NC(=O)[C@H](CC(=O)O)NC(=O)[C@H](Cc2ccc(O)cc2)NC(=O)CN(C)C(=O)[C@H](Cc2ccc(-c3ccccc3)cc2)NC(=O)[C@H](Cc2ccc(-c3ccc(C(=O)O)cc3)cc2)NC(=O)[C@H](CN2CCOCC2)NC(=O)CSC[C@@H](C(=O)NCC(N)=O)NC1=O. The molecule has 0 unspecified atom stereocenters. The molecule has 3 aliphatic heterocycles. The fourth-order valence-corrected chi connectivity index (χ4v) is 16.8. The highest BCUT2D eigenvalue weighted by Gasteiger charge is 2.44. The van der Waals surface area contributed by atoms with E-state index < -0.39 is 228 Å². The smallest absolute Gasteiger partial charge is 0.335 e. The number of aromatic hydroxyl groups is 2. The molecule has 0 aliphatic carbocycles. The summed E-state index contributed by atoms with van der Waals surface area (Å²) >= 11 is 0.799. The van der Waals surface area contributed by atoms with Crippen molar-refractivity contribution in [2.24, 2.45) is 29.2 Å². The highest BCUT2D eigenvalue weighted by molar-refractivity contribution is 8.00. The number of amides is 15. The summed E-state index contributed by atoms with van der Waals surface area (Å²) < 4.78 is 5.64. The quantitative estimate of drug-likeness (QED) is 0.0192. The number of phenols is 2. The van der Waals surface area contributed by atoms with Gasteiger partial charge in [0.15, 0.2) is 5.96 Å². The van der Waals surface area contributed by atoms with Crippen molar-refractivity contribution in [1.82, 2.24) is 83.8 Å². The summed E-state index contributed by atoms with van der Waals surface area (Å²) in [6.07, 6.45) is -2.56. The lowest BCUT2D eigenvalue weighted by atomic mass is 9.98. The Morgan fingerprint density at radius 3 is 1.45 bits per heavy atom. The number of morpholine rings is 1. The van der Waals surface area contributed by atoms with Crippen LogP contribution in [0.3, 0.4) is 0 Å². The maximum absolute atomic E-state index is 15.7. The molecule has 3 heterocycles. The number of rotatable bonds is 26. The molecule has 41 nitrogen and oxygen atoms in total. The number of primary amides is 1. The number of carboxylic acid groups (broad SMARTS) is 2. The predicted molar refractivity (Wildman–Crippen MR) is 513 cm³/mol. The molecule has 42 heteroatoms. The molecule has 0 spiro atoms. The zero-order valence-electron chi connectivity index (χ0n) is 78.5. The van der Waals surface area contributed by atoms with Crippen molar-refractivity contribution in [3.05, 3.63) is 179 Å². The average molecular weight is 1940 g/mol. The van der Waals surface area contributed by atoms with Crippen LogP contribution in [-0.4, -0.2) is 292 Å². The van der Waals surface area contributed by atoms with Crippen LogP contribution < -0.4 is 80.6 Å². The topological polar surface area (TPSA) is 622 Å². The molecule has 0 saturated carbocycles. The number of aromatic carboxylic acids is 1. The Morgan fingerprint density at radius 2 is 0.928 bits per heavy atom. The number of carbonyl (C=O) groups excluding carboxylic acids is 15. The Bertz CT molecular complexity index is 5320. The number of carboxylic acids is 2. The summed E-state index contributed by atoms with van der Waals surface area (Å²) in [5.74, 6) is -20.8. The van der Waals surface area contributed by atoms with Crippen molar-refractivity contribution in [1.29, 1.82) is 5.41 Å². The van der Waals surface area contributed by atoms with Crippen LogP contribution in [0, 0.1) is 23.2 Å². The summed E-state index contributed by atoms with van der Waals surface area (Å²) in [5, 5.41) is 83.0. The van der Waals surface area contributed by atoms with Gasteiger partial charge in [0.25, 0.3) is 0 Å². The fraction of sp³-hybridized carbons (Fsp3) is 0.443. The lowest BCUT2D eigenvalue weighted by Gasteiger charge is -2.33. The first-order valence-electron chi connectivity index (χ1n) is 45.9. The lowest BCUT2D eigenvalue weighted by Crippen LogP contribution is -2.62. The van der Waals surface area contributed by atoms with Gasteiger partial charge in [0.2, 0.25) is 88.6 Å². The Kier molecular flexibility index (Phi) is 41.0. The van der Waals surface area contributed by atoms with E-state index in [4.69, 9.17) is 21.6 Å². The zero-order chi connectivity index (χ0) is 101. The second-order valence-electron chi connectivity index (χ2n) is 35.6. The number of likely N-dealkylation sites (N-methyl/N-ethyl adjacent to an activating group) is 1. The van der Waals surface area contributed by atoms with Crippen LogP contribution in [0.25, 0.3) is 22.3 Å². The van der Waals surface area contributed by atoms with Crippen LogP contribution in [0.4, 0.5) is 0 Å². The number of hydrogen-bond donors (Lipinski definition) is 20. The summed E-state index contributed by atoms with van der Waals surface area (Å²) in [6, 6.07) is 21.0. The number of aliphatic carboxylic acids is 1. The second-order valence-corrected chi connectivity index (χ2v) is 36.7. The van der Waals surface area contributed by atoms with Crippen molar-refractivity contribution in [2.75, 3.05) is 77.6 Å². The number of nitrogens with one attached hydrogen (secondary N) is 14. The molecule has 12 atom stereocenters. The Hall–Kier alpha value is -14.6. The minimum Gasteiger partial charge on any atom is -0.508 e. The maximum atomic E-state index is 15.7. The number of benzene rings is 6. The van der Waals surface area contributed by atoms with Gasteiger partial charge in [-0.3, -0.25) is 87.0 Å². The van der Waals surface area contributed by atoms with Gasteiger partial charge in [-0.05, 0) is 131 Å². The van der Waals surface area contributed by atoms with Crippen LogP contribution in [0.5, 0.6) is 11.5 Å². The number of nitrogens with zero attached hydrogens (tertiary/aromatic N) is 3. The van der Waals surface area contributed by atoms with E-state index >= 15 is 28.8 Å². The van der Waals surface area contributed by atoms with E-state index in [0.717, 1.165) is 27.8 Å². The van der Waals surface area contributed by atoms with Gasteiger partial charge in [0.05, 0.1) is 44.0 Å². The monoisotopic (exact) mass is 1940 g/mol.